The van der Waals surface area contributed by atoms with Crippen LogP contribution in [0.1, 0.15) is 26.2 Å². The molecule has 0 unspecified atom stereocenters. The number of carbonyl (C=O) groups is 1. The van der Waals surface area contributed by atoms with Crippen LogP contribution in [0.4, 0.5) is 4.79 Å². The highest BCUT2D eigenvalue weighted by Gasteiger charge is 2.00. The molecule has 0 aliphatic rings. The summed E-state index contributed by atoms with van der Waals surface area (Å²) in [6.07, 6.45) is 11.0. The van der Waals surface area contributed by atoms with Gasteiger partial charge in [0.15, 0.2) is 0 Å². The fourth-order valence-electron chi connectivity index (χ4n) is 1.45. The van der Waals surface area contributed by atoms with E-state index in [9.17, 15) is 4.79 Å². The van der Waals surface area contributed by atoms with Crippen molar-refractivity contribution in [1.82, 2.24) is 5.32 Å². The second-order valence-corrected chi connectivity index (χ2v) is 4.01. The molecule has 0 spiro atoms. The number of carbonyl (C=O) groups excluding carboxylic acids is 1. The smallest absolute Gasteiger partial charge is 0.410 e. The zero-order valence-corrected chi connectivity index (χ0v) is 11.3. The number of unbranched alkanes of at least 4 members (excludes halogenated alkanes) is 1. The second kappa shape index (κ2) is 9.95. The lowest BCUT2D eigenvalue weighted by atomic mass is 10.2. The summed E-state index contributed by atoms with van der Waals surface area (Å²) in [5.41, 5.74) is 0. The zero-order chi connectivity index (χ0) is 13.8. The summed E-state index contributed by atoms with van der Waals surface area (Å²) in [5, 5.41) is 2.67. The lowest BCUT2D eigenvalue weighted by Gasteiger charge is -2.03. The van der Waals surface area contributed by atoms with Crippen molar-refractivity contribution in [2.75, 3.05) is 6.54 Å². The first-order valence-electron chi connectivity index (χ1n) is 6.63. The van der Waals surface area contributed by atoms with Gasteiger partial charge in [-0.2, -0.15) is 0 Å². The Labute approximate surface area is 115 Å². The minimum Gasteiger partial charge on any atom is -0.410 e. The van der Waals surface area contributed by atoms with Crippen molar-refractivity contribution in [3.05, 3.63) is 54.6 Å². The van der Waals surface area contributed by atoms with E-state index in [-0.39, 0.29) is 0 Å². The number of rotatable bonds is 7. The van der Waals surface area contributed by atoms with E-state index < -0.39 is 6.09 Å². The molecule has 0 bridgehead atoms. The van der Waals surface area contributed by atoms with Gasteiger partial charge in [-0.3, -0.25) is 0 Å². The molecule has 3 heteroatoms. The first-order chi connectivity index (χ1) is 9.33. The number of benzene rings is 1. The molecular formula is C16H21NO2. The van der Waals surface area contributed by atoms with Crippen molar-refractivity contribution < 1.29 is 9.53 Å². The van der Waals surface area contributed by atoms with Crippen molar-refractivity contribution >= 4 is 6.09 Å². The third-order valence-corrected chi connectivity index (χ3v) is 2.39. The summed E-state index contributed by atoms with van der Waals surface area (Å²) >= 11 is 0. The van der Waals surface area contributed by atoms with Crippen molar-refractivity contribution in [3.8, 4) is 5.75 Å². The maximum absolute atomic E-state index is 11.4. The molecule has 0 heterocycles. The van der Waals surface area contributed by atoms with Crippen LogP contribution in [0.15, 0.2) is 54.6 Å². The van der Waals surface area contributed by atoms with Crippen LogP contribution >= 0.6 is 0 Å². The Bertz CT molecular complexity index is 410. The molecule has 1 rings (SSSR count). The highest BCUT2D eigenvalue weighted by Crippen LogP contribution is 2.07. The first-order valence-corrected chi connectivity index (χ1v) is 6.63. The van der Waals surface area contributed by atoms with Gasteiger partial charge in [0.2, 0.25) is 0 Å². The molecular weight excluding hydrogens is 238 g/mol. The molecule has 1 amide bonds. The lowest BCUT2D eigenvalue weighted by molar-refractivity contribution is 0.201. The molecule has 1 N–H and O–H groups in total. The van der Waals surface area contributed by atoms with Crippen LogP contribution < -0.4 is 10.1 Å². The molecule has 3 nitrogen and oxygen atoms in total. The molecule has 19 heavy (non-hydrogen) atoms. The van der Waals surface area contributed by atoms with Gasteiger partial charge in [0, 0.05) is 6.54 Å². The standard InChI is InChI=1S/C16H21NO2/c1-2-3-4-5-6-7-11-14-17-16(18)19-15-12-9-8-10-13-15/h3-4,7-13H,2,5-6,14H2,1H3,(H,17,18)/b4-3-,11-7+. The zero-order valence-electron chi connectivity index (χ0n) is 11.3. The average Bonchev–Trinajstić information content (AvgIpc) is 2.43. The summed E-state index contributed by atoms with van der Waals surface area (Å²) in [4.78, 5) is 11.4. The predicted molar refractivity (Wildman–Crippen MR) is 78.3 cm³/mol. The van der Waals surface area contributed by atoms with E-state index in [0.29, 0.717) is 12.3 Å². The van der Waals surface area contributed by atoms with E-state index in [0.717, 1.165) is 19.3 Å². The molecule has 102 valence electrons. The predicted octanol–water partition coefficient (Wildman–Crippen LogP) is 4.08. The minimum absolute atomic E-state index is 0.429. The SMILES string of the molecule is CC/C=C\CC/C=C/CNC(=O)Oc1ccccc1. The Morgan fingerprint density at radius 2 is 1.79 bits per heavy atom. The van der Waals surface area contributed by atoms with Gasteiger partial charge in [0.1, 0.15) is 5.75 Å². The third-order valence-electron chi connectivity index (χ3n) is 2.39. The van der Waals surface area contributed by atoms with Gasteiger partial charge < -0.3 is 10.1 Å². The van der Waals surface area contributed by atoms with Crippen molar-refractivity contribution in [2.45, 2.75) is 26.2 Å². The summed E-state index contributed by atoms with van der Waals surface area (Å²) < 4.78 is 5.08. The topological polar surface area (TPSA) is 38.3 Å². The molecule has 1 aromatic rings. The molecule has 1 aromatic carbocycles. The van der Waals surface area contributed by atoms with Crippen LogP contribution in [0.25, 0.3) is 0 Å². The van der Waals surface area contributed by atoms with Crippen LogP contribution in [-0.4, -0.2) is 12.6 Å². The number of para-hydroxylation sites is 1. The fraction of sp³-hybridized carbons (Fsp3) is 0.312. The summed E-state index contributed by atoms with van der Waals surface area (Å²) in [5.74, 6) is 0.550. The van der Waals surface area contributed by atoms with E-state index in [1.807, 2.05) is 24.3 Å². The van der Waals surface area contributed by atoms with Crippen LogP contribution in [0, 0.1) is 0 Å². The normalized spacial score (nSPS) is 11.0. The maximum atomic E-state index is 11.4. The minimum atomic E-state index is -0.429. The van der Waals surface area contributed by atoms with Crippen molar-refractivity contribution in [3.63, 3.8) is 0 Å². The van der Waals surface area contributed by atoms with Gasteiger partial charge in [-0.25, -0.2) is 4.79 Å². The van der Waals surface area contributed by atoms with Gasteiger partial charge in [-0.05, 0) is 31.4 Å². The van der Waals surface area contributed by atoms with Crippen LogP contribution in [0.2, 0.25) is 0 Å². The molecule has 0 atom stereocenters. The van der Waals surface area contributed by atoms with Gasteiger partial charge in [0.25, 0.3) is 0 Å². The molecule has 0 saturated carbocycles. The largest absolute Gasteiger partial charge is 0.412 e. The number of nitrogens with one attached hydrogen (secondary N) is 1. The Kier molecular flexibility index (Phi) is 7.87. The molecule has 0 fully saturated rings. The average molecular weight is 259 g/mol. The fourth-order valence-corrected chi connectivity index (χ4v) is 1.45. The number of allylic oxidation sites excluding steroid dienone is 3. The Balaban J connectivity index is 2.10. The van der Waals surface area contributed by atoms with Crippen LogP contribution in [0.5, 0.6) is 5.75 Å². The van der Waals surface area contributed by atoms with Gasteiger partial charge in [-0.15, -0.1) is 0 Å². The summed E-state index contributed by atoms with van der Waals surface area (Å²) in [7, 11) is 0. The monoisotopic (exact) mass is 259 g/mol. The van der Waals surface area contributed by atoms with Crippen molar-refractivity contribution in [1.29, 1.82) is 0 Å². The summed E-state index contributed by atoms with van der Waals surface area (Å²) in [6, 6.07) is 9.02. The van der Waals surface area contributed by atoms with E-state index in [1.54, 1.807) is 12.1 Å². The van der Waals surface area contributed by atoms with Gasteiger partial charge in [0.05, 0.1) is 0 Å². The highest BCUT2D eigenvalue weighted by molar-refractivity contribution is 5.70. The number of amides is 1. The highest BCUT2D eigenvalue weighted by atomic mass is 16.5. The maximum Gasteiger partial charge on any atom is 0.412 e. The number of ether oxygens (including phenoxy) is 1. The molecule has 0 aromatic heterocycles. The van der Waals surface area contributed by atoms with Crippen LogP contribution in [0.3, 0.4) is 0 Å². The number of hydrogen-bond acceptors (Lipinski definition) is 2. The molecule has 0 aliphatic heterocycles. The first kappa shape index (κ1) is 15.0. The molecule has 0 aliphatic carbocycles. The number of hydrogen-bond donors (Lipinski definition) is 1. The second-order valence-electron chi connectivity index (χ2n) is 4.01. The quantitative estimate of drug-likeness (QED) is 0.592. The van der Waals surface area contributed by atoms with Crippen molar-refractivity contribution in [2.24, 2.45) is 0 Å². The van der Waals surface area contributed by atoms with Gasteiger partial charge >= 0.3 is 6.09 Å². The Morgan fingerprint density at radius 1 is 1.11 bits per heavy atom. The van der Waals surface area contributed by atoms with Crippen LogP contribution in [-0.2, 0) is 0 Å². The Hall–Kier alpha value is -2.03. The summed E-state index contributed by atoms with van der Waals surface area (Å²) in [6.45, 7) is 2.61. The van der Waals surface area contributed by atoms with E-state index in [2.05, 4.69) is 30.5 Å². The van der Waals surface area contributed by atoms with Gasteiger partial charge in [-0.1, -0.05) is 49.4 Å². The lowest BCUT2D eigenvalue weighted by Crippen LogP contribution is -2.26. The van der Waals surface area contributed by atoms with E-state index in [1.165, 1.54) is 0 Å². The molecule has 0 radical (unpaired) electrons. The van der Waals surface area contributed by atoms with E-state index >= 15 is 0 Å². The third kappa shape index (κ3) is 7.82. The van der Waals surface area contributed by atoms with E-state index in [4.69, 9.17) is 4.74 Å². The molecule has 0 saturated heterocycles. The Morgan fingerprint density at radius 3 is 2.47 bits per heavy atom.